The molecule has 1 N–H and O–H groups in total. The number of oxazole rings is 1. The number of Topliss-reactive ketones (excluding diaryl/α,β-unsaturated/α-hetero) is 1. The summed E-state index contributed by atoms with van der Waals surface area (Å²) in [6.45, 7) is 0. The highest BCUT2D eigenvalue weighted by Gasteiger charge is 2.29. The first-order valence-corrected chi connectivity index (χ1v) is 6.36. The van der Waals surface area contributed by atoms with Gasteiger partial charge >= 0.3 is 0 Å². The number of hydrogen-bond acceptors (Lipinski definition) is 5. The van der Waals surface area contributed by atoms with E-state index in [0.29, 0.717) is 10.0 Å². The summed E-state index contributed by atoms with van der Waals surface area (Å²) in [7, 11) is 0. The molecule has 1 aromatic carbocycles. The van der Waals surface area contributed by atoms with Crippen LogP contribution in [0, 0.1) is 17.2 Å². The van der Waals surface area contributed by atoms with Crippen LogP contribution in [0.15, 0.2) is 35.3 Å². The molecule has 0 spiro atoms. The highest BCUT2D eigenvalue weighted by atomic mass is 35.5. The third-order valence-electron chi connectivity index (χ3n) is 2.47. The van der Waals surface area contributed by atoms with E-state index in [9.17, 15) is 9.59 Å². The van der Waals surface area contributed by atoms with E-state index >= 15 is 0 Å². The molecule has 0 saturated carbocycles. The number of ketones is 1. The topological polar surface area (TPSA) is 96.0 Å². The zero-order valence-electron chi connectivity index (χ0n) is 10.3. The minimum Gasteiger partial charge on any atom is -0.451 e. The van der Waals surface area contributed by atoms with Gasteiger partial charge in [-0.05, 0) is 18.2 Å². The van der Waals surface area contributed by atoms with Crippen molar-refractivity contribution in [1.82, 2.24) is 4.98 Å². The van der Waals surface area contributed by atoms with Crippen LogP contribution in [0.4, 0.5) is 5.69 Å². The molecule has 8 heteroatoms. The number of amides is 1. The van der Waals surface area contributed by atoms with E-state index in [0.717, 1.165) is 12.7 Å². The van der Waals surface area contributed by atoms with Crippen molar-refractivity contribution in [3.63, 3.8) is 0 Å². The van der Waals surface area contributed by atoms with Crippen molar-refractivity contribution >= 4 is 40.6 Å². The van der Waals surface area contributed by atoms with Crippen LogP contribution in [0.5, 0.6) is 0 Å². The van der Waals surface area contributed by atoms with E-state index in [2.05, 4.69) is 14.7 Å². The molecule has 1 heterocycles. The second-order valence-electron chi connectivity index (χ2n) is 3.95. The van der Waals surface area contributed by atoms with Gasteiger partial charge in [0.25, 0.3) is 0 Å². The van der Waals surface area contributed by atoms with Crippen LogP contribution < -0.4 is 5.32 Å². The normalized spacial score (nSPS) is 11.5. The number of carbonyl (C=O) groups is 2. The highest BCUT2D eigenvalue weighted by Crippen LogP contribution is 2.23. The molecule has 0 aliphatic rings. The Morgan fingerprint density at radius 2 is 1.95 bits per heavy atom. The monoisotopic (exact) mass is 323 g/mol. The van der Waals surface area contributed by atoms with Gasteiger partial charge < -0.3 is 9.73 Å². The van der Waals surface area contributed by atoms with Gasteiger partial charge in [-0.25, -0.2) is 4.98 Å². The Morgan fingerprint density at radius 1 is 1.29 bits per heavy atom. The Kier molecular flexibility index (Phi) is 4.58. The second kappa shape index (κ2) is 6.39. The Labute approximate surface area is 129 Å². The van der Waals surface area contributed by atoms with Crippen molar-refractivity contribution < 1.29 is 14.0 Å². The number of benzene rings is 1. The van der Waals surface area contributed by atoms with Crippen LogP contribution in [0.2, 0.25) is 10.0 Å². The van der Waals surface area contributed by atoms with Crippen molar-refractivity contribution in [1.29, 1.82) is 5.26 Å². The zero-order valence-corrected chi connectivity index (χ0v) is 11.9. The lowest BCUT2D eigenvalue weighted by Crippen LogP contribution is -2.28. The molecule has 21 heavy (non-hydrogen) atoms. The quantitative estimate of drug-likeness (QED) is 0.689. The maximum absolute atomic E-state index is 12.0. The molecule has 2 aromatic rings. The summed E-state index contributed by atoms with van der Waals surface area (Å²) in [5, 5.41) is 12.0. The first-order chi connectivity index (χ1) is 10.0. The fourth-order valence-corrected chi connectivity index (χ4v) is 2.08. The van der Waals surface area contributed by atoms with Crippen LogP contribution in [0.1, 0.15) is 10.5 Å². The molecule has 0 saturated heterocycles. The Bertz CT molecular complexity index is 703. The Morgan fingerprint density at radius 3 is 2.48 bits per heavy atom. The van der Waals surface area contributed by atoms with Gasteiger partial charge in [-0.3, -0.25) is 9.59 Å². The summed E-state index contributed by atoms with van der Waals surface area (Å²) in [5.74, 6) is -3.10. The number of nitrogens with zero attached hydrogens (tertiary/aromatic N) is 2. The molecule has 1 amide bonds. The average molecular weight is 324 g/mol. The number of aromatic nitrogens is 1. The molecule has 1 atom stereocenters. The maximum atomic E-state index is 12.0. The number of anilines is 1. The molecule has 0 unspecified atom stereocenters. The Balaban J connectivity index is 2.18. The molecule has 0 aliphatic carbocycles. The molecular formula is C13H7Cl2N3O3. The number of carbonyl (C=O) groups excluding carboxylic acids is 2. The van der Waals surface area contributed by atoms with Gasteiger partial charge in [0.15, 0.2) is 12.3 Å². The lowest BCUT2D eigenvalue weighted by Gasteiger charge is -2.09. The van der Waals surface area contributed by atoms with Gasteiger partial charge in [-0.15, -0.1) is 0 Å². The van der Waals surface area contributed by atoms with Crippen LogP contribution in [0.3, 0.4) is 0 Å². The molecule has 0 bridgehead atoms. The van der Waals surface area contributed by atoms with Crippen molar-refractivity contribution in [2.45, 2.75) is 0 Å². The van der Waals surface area contributed by atoms with Crippen LogP contribution in [-0.2, 0) is 4.79 Å². The van der Waals surface area contributed by atoms with Gasteiger partial charge in [-0.1, -0.05) is 23.2 Å². The summed E-state index contributed by atoms with van der Waals surface area (Å²) < 4.78 is 4.65. The highest BCUT2D eigenvalue weighted by molar-refractivity contribution is 6.35. The summed E-state index contributed by atoms with van der Waals surface area (Å²) in [4.78, 5) is 27.6. The van der Waals surface area contributed by atoms with Crippen molar-refractivity contribution in [2.75, 3.05) is 5.32 Å². The van der Waals surface area contributed by atoms with Crippen LogP contribution >= 0.6 is 23.2 Å². The summed E-state index contributed by atoms with van der Waals surface area (Å²) in [6.07, 6.45) is 2.10. The fraction of sp³-hybridized carbons (Fsp3) is 0.0769. The minimum absolute atomic E-state index is 0.0965. The smallest absolute Gasteiger partial charge is 0.249 e. The van der Waals surface area contributed by atoms with Gasteiger partial charge in [0.2, 0.25) is 11.7 Å². The van der Waals surface area contributed by atoms with Gasteiger partial charge in [0.1, 0.15) is 12.0 Å². The lowest BCUT2D eigenvalue weighted by molar-refractivity contribution is -0.117. The van der Waals surface area contributed by atoms with Gasteiger partial charge in [-0.2, -0.15) is 5.26 Å². The van der Waals surface area contributed by atoms with Gasteiger partial charge in [0.05, 0.1) is 6.07 Å². The van der Waals surface area contributed by atoms with Crippen molar-refractivity contribution in [3.8, 4) is 6.07 Å². The largest absolute Gasteiger partial charge is 0.451 e. The average Bonchev–Trinajstić information content (AvgIpc) is 2.91. The predicted molar refractivity (Wildman–Crippen MR) is 75.0 cm³/mol. The number of hydrogen-bond donors (Lipinski definition) is 1. The predicted octanol–water partition coefficient (Wildman–Crippen LogP) is 2.94. The molecule has 0 aliphatic heterocycles. The number of nitriles is 1. The fourth-order valence-electron chi connectivity index (χ4n) is 1.56. The first-order valence-electron chi connectivity index (χ1n) is 5.60. The summed E-state index contributed by atoms with van der Waals surface area (Å²) >= 11 is 11.6. The number of halogens is 2. The molecule has 106 valence electrons. The van der Waals surface area contributed by atoms with Gasteiger partial charge in [0, 0.05) is 15.7 Å². The van der Waals surface area contributed by atoms with Crippen LogP contribution in [-0.4, -0.2) is 16.7 Å². The molecule has 2 rings (SSSR count). The number of rotatable bonds is 4. The van der Waals surface area contributed by atoms with E-state index in [1.165, 1.54) is 18.2 Å². The van der Waals surface area contributed by atoms with Crippen molar-refractivity contribution in [2.24, 2.45) is 5.92 Å². The first kappa shape index (κ1) is 15.0. The molecule has 1 aromatic heterocycles. The van der Waals surface area contributed by atoms with E-state index in [4.69, 9.17) is 28.5 Å². The Hall–Kier alpha value is -2.36. The molecule has 0 fully saturated rings. The van der Waals surface area contributed by atoms with E-state index in [1.807, 2.05) is 0 Å². The SMILES string of the molecule is N#C[C@H](C(=O)Nc1cc(Cl)cc(Cl)c1)C(=O)c1cocn1. The molecule has 0 radical (unpaired) electrons. The van der Waals surface area contributed by atoms with E-state index in [-0.39, 0.29) is 11.4 Å². The van der Waals surface area contributed by atoms with Crippen LogP contribution in [0.25, 0.3) is 0 Å². The minimum atomic E-state index is -1.55. The lowest BCUT2D eigenvalue weighted by atomic mass is 10.0. The second-order valence-corrected chi connectivity index (χ2v) is 4.82. The zero-order chi connectivity index (χ0) is 15.4. The summed E-state index contributed by atoms with van der Waals surface area (Å²) in [5.41, 5.74) is 0.187. The number of nitrogens with one attached hydrogen (secondary N) is 1. The maximum Gasteiger partial charge on any atom is 0.249 e. The van der Waals surface area contributed by atoms with Crippen molar-refractivity contribution in [3.05, 3.63) is 46.6 Å². The molecular weight excluding hydrogens is 317 g/mol. The van der Waals surface area contributed by atoms with E-state index in [1.54, 1.807) is 6.07 Å². The summed E-state index contributed by atoms with van der Waals surface area (Å²) in [6, 6.07) is 6.01. The van der Waals surface area contributed by atoms with E-state index < -0.39 is 17.6 Å². The standard InChI is InChI=1S/C13H7Cl2N3O3/c14-7-1-8(15)3-9(2-7)18-13(20)10(4-16)12(19)11-5-21-6-17-11/h1-3,5-6,10H,(H,18,20)/t10-/m0/s1. The third kappa shape index (κ3) is 3.60. The third-order valence-corrected chi connectivity index (χ3v) is 2.90. The molecule has 6 nitrogen and oxygen atoms in total.